The molecule has 0 atom stereocenters. The van der Waals surface area contributed by atoms with Crippen LogP contribution in [0.2, 0.25) is 0 Å². The van der Waals surface area contributed by atoms with Crippen molar-refractivity contribution in [1.29, 1.82) is 0 Å². The first-order valence-electron chi connectivity index (χ1n) is 7.62. The van der Waals surface area contributed by atoms with E-state index in [1.165, 1.54) is 5.56 Å². The Kier molecular flexibility index (Phi) is 4.36. The van der Waals surface area contributed by atoms with Gasteiger partial charge in [0.05, 0.1) is 5.56 Å². The number of amides is 1. The van der Waals surface area contributed by atoms with Gasteiger partial charge < -0.3 is 10.2 Å². The first-order chi connectivity index (χ1) is 9.45. The number of anilines is 1. The molecule has 0 bridgehead atoms. The third kappa shape index (κ3) is 2.97. The van der Waals surface area contributed by atoms with E-state index in [-0.39, 0.29) is 11.4 Å². The molecule has 1 amide bonds. The monoisotopic (exact) mass is 274 g/mol. The highest BCUT2D eigenvalue weighted by atomic mass is 16.2. The number of aryl methyl sites for hydroxylation is 1. The second-order valence-electron chi connectivity index (χ2n) is 6.35. The molecule has 1 heterocycles. The Bertz CT molecular complexity index is 494. The topological polar surface area (TPSA) is 32.3 Å². The van der Waals surface area contributed by atoms with Crippen LogP contribution in [0, 0.1) is 6.92 Å². The summed E-state index contributed by atoms with van der Waals surface area (Å²) in [6, 6.07) is 6.06. The number of nitrogens with zero attached hydrogens (tertiary/aromatic N) is 1. The van der Waals surface area contributed by atoms with Gasteiger partial charge in [-0.15, -0.1) is 0 Å². The minimum Gasteiger partial charge on any atom is -0.384 e. The summed E-state index contributed by atoms with van der Waals surface area (Å²) in [5.41, 5.74) is 2.93. The summed E-state index contributed by atoms with van der Waals surface area (Å²) in [6.07, 6.45) is 3.24. The normalized spacial score (nSPS) is 17.3. The fourth-order valence-electron chi connectivity index (χ4n) is 2.88. The van der Waals surface area contributed by atoms with Crippen LogP contribution in [-0.4, -0.2) is 29.4 Å². The first-order valence-corrected chi connectivity index (χ1v) is 7.62. The summed E-state index contributed by atoms with van der Waals surface area (Å²) in [5, 5.41) is 3.39. The molecule has 0 unspecified atom stereocenters. The summed E-state index contributed by atoms with van der Waals surface area (Å²) in [4.78, 5) is 14.9. The van der Waals surface area contributed by atoms with Crippen LogP contribution in [0.4, 0.5) is 5.69 Å². The summed E-state index contributed by atoms with van der Waals surface area (Å²) >= 11 is 0. The molecule has 0 aliphatic carbocycles. The molecule has 20 heavy (non-hydrogen) atoms. The van der Waals surface area contributed by atoms with Gasteiger partial charge in [0.1, 0.15) is 0 Å². The van der Waals surface area contributed by atoms with Gasteiger partial charge in [0, 0.05) is 24.3 Å². The Balaban J connectivity index is 2.29. The molecule has 2 rings (SSSR count). The van der Waals surface area contributed by atoms with E-state index < -0.39 is 0 Å². The van der Waals surface area contributed by atoms with Crippen LogP contribution in [0.5, 0.6) is 0 Å². The van der Waals surface area contributed by atoms with Crippen LogP contribution in [-0.2, 0) is 0 Å². The van der Waals surface area contributed by atoms with Crippen LogP contribution in [0.3, 0.4) is 0 Å². The molecule has 0 aromatic heterocycles. The van der Waals surface area contributed by atoms with Crippen molar-refractivity contribution in [3.63, 3.8) is 0 Å². The molecule has 0 radical (unpaired) electrons. The lowest BCUT2D eigenvalue weighted by Crippen LogP contribution is -2.42. The second kappa shape index (κ2) is 5.86. The molecule has 1 aromatic carbocycles. The quantitative estimate of drug-likeness (QED) is 0.905. The molecule has 1 saturated heterocycles. The molecule has 1 aromatic rings. The van der Waals surface area contributed by atoms with Crippen molar-refractivity contribution in [2.75, 3.05) is 18.4 Å². The van der Waals surface area contributed by atoms with Crippen molar-refractivity contribution < 1.29 is 4.79 Å². The van der Waals surface area contributed by atoms with Crippen LogP contribution in [0.25, 0.3) is 0 Å². The SMILES string of the molecule is CCCNc1cc(C)ccc1C(=O)N1CCCC1(C)C. The minimum atomic E-state index is -0.0238. The van der Waals surface area contributed by atoms with Crippen molar-refractivity contribution in [3.8, 4) is 0 Å². The lowest BCUT2D eigenvalue weighted by atomic mass is 10.0. The van der Waals surface area contributed by atoms with Gasteiger partial charge in [-0.05, 0) is 57.7 Å². The number of carbonyl (C=O) groups is 1. The van der Waals surface area contributed by atoms with Crippen molar-refractivity contribution in [3.05, 3.63) is 29.3 Å². The van der Waals surface area contributed by atoms with E-state index in [0.717, 1.165) is 43.6 Å². The van der Waals surface area contributed by atoms with Crippen LogP contribution in [0.15, 0.2) is 18.2 Å². The van der Waals surface area contributed by atoms with Crippen molar-refractivity contribution in [2.24, 2.45) is 0 Å². The fraction of sp³-hybridized carbons (Fsp3) is 0.588. The number of benzene rings is 1. The van der Waals surface area contributed by atoms with Crippen LogP contribution >= 0.6 is 0 Å². The van der Waals surface area contributed by atoms with E-state index in [0.29, 0.717) is 0 Å². The summed E-state index contributed by atoms with van der Waals surface area (Å²) in [5.74, 6) is 0.158. The zero-order valence-electron chi connectivity index (χ0n) is 13.1. The number of hydrogen-bond acceptors (Lipinski definition) is 2. The molecular formula is C17H26N2O. The lowest BCUT2D eigenvalue weighted by Gasteiger charge is -2.32. The standard InChI is InChI=1S/C17H26N2O/c1-5-10-18-15-12-13(2)7-8-14(15)16(20)19-11-6-9-17(19,3)4/h7-8,12,18H,5-6,9-11H2,1-4H3. The minimum absolute atomic E-state index is 0.0238. The fourth-order valence-corrected chi connectivity index (χ4v) is 2.88. The highest BCUT2D eigenvalue weighted by Crippen LogP contribution is 2.31. The predicted molar refractivity (Wildman–Crippen MR) is 84.3 cm³/mol. The van der Waals surface area contributed by atoms with Gasteiger partial charge in [-0.1, -0.05) is 13.0 Å². The number of carbonyl (C=O) groups excluding carboxylic acids is 1. The summed E-state index contributed by atoms with van der Waals surface area (Å²) in [6.45, 7) is 10.3. The Morgan fingerprint density at radius 1 is 1.40 bits per heavy atom. The predicted octanol–water partition coefficient (Wildman–Crippen LogP) is 3.83. The van der Waals surface area contributed by atoms with Gasteiger partial charge in [0.2, 0.25) is 0 Å². The Morgan fingerprint density at radius 2 is 2.15 bits per heavy atom. The number of hydrogen-bond donors (Lipinski definition) is 1. The van der Waals surface area contributed by atoms with Gasteiger partial charge in [0.15, 0.2) is 0 Å². The molecule has 0 saturated carbocycles. The molecule has 1 aliphatic heterocycles. The molecular weight excluding hydrogens is 248 g/mol. The van der Waals surface area contributed by atoms with E-state index in [2.05, 4.69) is 39.1 Å². The van der Waals surface area contributed by atoms with E-state index in [1.807, 2.05) is 17.0 Å². The average molecular weight is 274 g/mol. The largest absolute Gasteiger partial charge is 0.384 e. The van der Waals surface area contributed by atoms with E-state index in [1.54, 1.807) is 0 Å². The highest BCUT2D eigenvalue weighted by Gasteiger charge is 2.36. The average Bonchev–Trinajstić information content (AvgIpc) is 2.75. The zero-order valence-corrected chi connectivity index (χ0v) is 13.1. The Labute approximate surface area is 122 Å². The summed E-state index contributed by atoms with van der Waals surface area (Å²) < 4.78 is 0. The summed E-state index contributed by atoms with van der Waals surface area (Å²) in [7, 11) is 0. The van der Waals surface area contributed by atoms with Gasteiger partial charge in [-0.3, -0.25) is 4.79 Å². The molecule has 0 spiro atoms. The zero-order chi connectivity index (χ0) is 14.8. The first kappa shape index (κ1) is 14.9. The molecule has 1 aliphatic rings. The van der Waals surface area contributed by atoms with Gasteiger partial charge in [-0.25, -0.2) is 0 Å². The van der Waals surface area contributed by atoms with Crippen molar-refractivity contribution in [2.45, 2.75) is 52.5 Å². The maximum atomic E-state index is 12.8. The van der Waals surface area contributed by atoms with E-state index in [9.17, 15) is 4.79 Å². The number of likely N-dealkylation sites (tertiary alicyclic amines) is 1. The smallest absolute Gasteiger partial charge is 0.256 e. The molecule has 1 fully saturated rings. The molecule has 3 nitrogen and oxygen atoms in total. The lowest BCUT2D eigenvalue weighted by molar-refractivity contribution is 0.0653. The Morgan fingerprint density at radius 3 is 2.75 bits per heavy atom. The number of rotatable bonds is 4. The van der Waals surface area contributed by atoms with Crippen molar-refractivity contribution in [1.82, 2.24) is 4.90 Å². The van der Waals surface area contributed by atoms with Gasteiger partial charge in [-0.2, -0.15) is 0 Å². The Hall–Kier alpha value is -1.51. The third-order valence-corrected chi connectivity index (χ3v) is 4.12. The van der Waals surface area contributed by atoms with E-state index >= 15 is 0 Å². The second-order valence-corrected chi connectivity index (χ2v) is 6.35. The molecule has 3 heteroatoms. The van der Waals surface area contributed by atoms with E-state index in [4.69, 9.17) is 0 Å². The van der Waals surface area contributed by atoms with Crippen LogP contribution < -0.4 is 5.32 Å². The van der Waals surface area contributed by atoms with Crippen LogP contribution in [0.1, 0.15) is 56.0 Å². The van der Waals surface area contributed by atoms with Gasteiger partial charge >= 0.3 is 0 Å². The molecule has 1 N–H and O–H groups in total. The molecule has 110 valence electrons. The maximum Gasteiger partial charge on any atom is 0.256 e. The van der Waals surface area contributed by atoms with Crippen molar-refractivity contribution >= 4 is 11.6 Å². The van der Waals surface area contributed by atoms with Gasteiger partial charge in [0.25, 0.3) is 5.91 Å². The maximum absolute atomic E-state index is 12.8. The highest BCUT2D eigenvalue weighted by molar-refractivity contribution is 6.00. The third-order valence-electron chi connectivity index (χ3n) is 4.12. The number of nitrogens with one attached hydrogen (secondary N) is 1.